The van der Waals surface area contributed by atoms with Crippen LogP contribution in [0, 0.1) is 17.5 Å². The van der Waals surface area contributed by atoms with Gasteiger partial charge in [0, 0.05) is 0 Å². The molecule has 21 heavy (non-hydrogen) atoms. The van der Waals surface area contributed by atoms with E-state index in [1.807, 2.05) is 0 Å². The van der Waals surface area contributed by atoms with E-state index in [2.05, 4.69) is 10.3 Å². The van der Waals surface area contributed by atoms with E-state index in [1.165, 1.54) is 12.3 Å². The molecule has 0 atom stereocenters. The van der Waals surface area contributed by atoms with E-state index >= 15 is 0 Å². The summed E-state index contributed by atoms with van der Waals surface area (Å²) < 4.78 is 44.6. The maximum Gasteiger partial charge on any atom is 0.262 e. The van der Waals surface area contributed by atoms with Crippen molar-refractivity contribution in [1.82, 2.24) is 4.98 Å². The third kappa shape index (κ3) is 2.36. The van der Waals surface area contributed by atoms with Gasteiger partial charge in [-0.3, -0.25) is 10.1 Å². The first-order chi connectivity index (χ1) is 9.97. The Morgan fingerprint density at radius 2 is 2.10 bits per heavy atom. The van der Waals surface area contributed by atoms with Crippen LogP contribution in [0.25, 0.3) is 10.2 Å². The van der Waals surface area contributed by atoms with Gasteiger partial charge in [-0.15, -0.1) is 0 Å². The van der Waals surface area contributed by atoms with Crippen molar-refractivity contribution in [3.63, 3.8) is 0 Å². The van der Waals surface area contributed by atoms with Crippen LogP contribution in [-0.2, 0) is 0 Å². The van der Waals surface area contributed by atoms with Gasteiger partial charge >= 0.3 is 0 Å². The summed E-state index contributed by atoms with van der Waals surface area (Å²) in [6.45, 7) is 0. The van der Waals surface area contributed by atoms with Crippen LogP contribution in [-0.4, -0.2) is 10.9 Å². The fraction of sp³-hybridized carbons (Fsp3) is 0. The third-order valence-electron chi connectivity index (χ3n) is 2.60. The number of halogens is 4. The predicted octanol–water partition coefficient (Wildman–Crippen LogP) is 4.21. The number of thiazole rings is 1. The van der Waals surface area contributed by atoms with Gasteiger partial charge < -0.3 is 4.42 Å². The molecule has 0 fully saturated rings. The highest BCUT2D eigenvalue weighted by Crippen LogP contribution is 2.31. The second-order valence-corrected chi connectivity index (χ2v) is 5.29. The highest BCUT2D eigenvalue weighted by molar-refractivity contribution is 7.22. The predicted molar refractivity (Wildman–Crippen MR) is 71.2 cm³/mol. The van der Waals surface area contributed by atoms with Crippen LogP contribution in [0.4, 0.5) is 18.3 Å². The molecule has 9 heteroatoms. The number of anilines is 1. The summed E-state index contributed by atoms with van der Waals surface area (Å²) in [5, 5.41) is 2.22. The summed E-state index contributed by atoms with van der Waals surface area (Å²) in [4.78, 5) is 15.6. The summed E-state index contributed by atoms with van der Waals surface area (Å²) in [5.74, 6) is -4.96. The minimum Gasteiger partial charge on any atom is -0.452 e. The number of nitrogens with one attached hydrogen (secondary N) is 1. The molecule has 2 aromatic heterocycles. The van der Waals surface area contributed by atoms with Crippen LogP contribution >= 0.6 is 22.9 Å². The van der Waals surface area contributed by atoms with Gasteiger partial charge in [0.2, 0.25) is 5.22 Å². The first-order valence-corrected chi connectivity index (χ1v) is 6.65. The molecule has 0 radical (unpaired) electrons. The molecular weight excluding hydrogens is 329 g/mol. The normalized spacial score (nSPS) is 11.0. The molecule has 3 aromatic rings. The standard InChI is InChI=1S/C12H4ClF3N2O2S/c13-10-4(1-2-20-10)11(19)18-12-17-9-6(21-12)3-5(14)7(15)8(9)16/h1-3H,(H,17,18,19). The Labute approximate surface area is 124 Å². The maximum absolute atomic E-state index is 13.5. The van der Waals surface area contributed by atoms with Crippen molar-refractivity contribution in [3.05, 3.63) is 46.6 Å². The average Bonchev–Trinajstić information content (AvgIpc) is 3.02. The molecule has 1 N–H and O–H groups in total. The smallest absolute Gasteiger partial charge is 0.262 e. The summed E-state index contributed by atoms with van der Waals surface area (Å²) in [6.07, 6.45) is 1.22. The lowest BCUT2D eigenvalue weighted by atomic mass is 10.3. The van der Waals surface area contributed by atoms with E-state index in [0.717, 1.165) is 17.4 Å². The number of aromatic nitrogens is 1. The monoisotopic (exact) mass is 332 g/mol. The topological polar surface area (TPSA) is 55.1 Å². The van der Waals surface area contributed by atoms with Crippen LogP contribution in [0.3, 0.4) is 0 Å². The molecule has 0 aliphatic heterocycles. The Bertz CT molecular complexity index is 862. The molecule has 0 bridgehead atoms. The van der Waals surface area contributed by atoms with Gasteiger partial charge in [0.1, 0.15) is 5.52 Å². The van der Waals surface area contributed by atoms with Crippen LogP contribution in [0.5, 0.6) is 0 Å². The van der Waals surface area contributed by atoms with E-state index < -0.39 is 23.4 Å². The Balaban J connectivity index is 1.97. The largest absolute Gasteiger partial charge is 0.452 e. The number of fused-ring (bicyclic) bond motifs is 1. The van der Waals surface area contributed by atoms with Gasteiger partial charge in [-0.2, -0.15) is 0 Å². The highest BCUT2D eigenvalue weighted by atomic mass is 35.5. The van der Waals surface area contributed by atoms with E-state index in [9.17, 15) is 18.0 Å². The van der Waals surface area contributed by atoms with Crippen LogP contribution in [0.15, 0.2) is 22.8 Å². The number of carbonyl (C=O) groups is 1. The molecule has 108 valence electrons. The van der Waals surface area contributed by atoms with Crippen LogP contribution in [0.2, 0.25) is 5.22 Å². The first kappa shape index (κ1) is 13.9. The van der Waals surface area contributed by atoms with Crippen molar-refractivity contribution in [2.45, 2.75) is 0 Å². The van der Waals surface area contributed by atoms with Gasteiger partial charge in [-0.05, 0) is 23.7 Å². The van der Waals surface area contributed by atoms with Gasteiger partial charge in [0.25, 0.3) is 5.91 Å². The number of carbonyl (C=O) groups excluding carboxylic acids is 1. The van der Waals surface area contributed by atoms with E-state index in [0.29, 0.717) is 0 Å². The molecular formula is C12H4ClF3N2O2S. The molecule has 0 saturated heterocycles. The van der Waals surface area contributed by atoms with Gasteiger partial charge in [0.15, 0.2) is 22.6 Å². The van der Waals surface area contributed by atoms with Crippen molar-refractivity contribution in [2.24, 2.45) is 0 Å². The SMILES string of the molecule is O=C(Nc1nc2c(F)c(F)c(F)cc2s1)c1ccoc1Cl. The molecule has 2 heterocycles. The Morgan fingerprint density at radius 3 is 2.76 bits per heavy atom. The second kappa shape index (κ2) is 5.05. The number of hydrogen-bond donors (Lipinski definition) is 1. The van der Waals surface area contributed by atoms with Crippen molar-refractivity contribution >= 4 is 44.2 Å². The number of amides is 1. The summed E-state index contributed by atoms with van der Waals surface area (Å²) in [7, 11) is 0. The van der Waals surface area contributed by atoms with Crippen LogP contribution in [0.1, 0.15) is 10.4 Å². The lowest BCUT2D eigenvalue weighted by Gasteiger charge is -1.97. The van der Waals surface area contributed by atoms with Gasteiger partial charge in [-0.25, -0.2) is 18.2 Å². The Hall–Kier alpha value is -2.06. The lowest BCUT2D eigenvalue weighted by Crippen LogP contribution is -2.11. The molecule has 1 amide bonds. The number of hydrogen-bond acceptors (Lipinski definition) is 4. The summed E-state index contributed by atoms with van der Waals surface area (Å²) in [6, 6.07) is 2.15. The zero-order valence-corrected chi connectivity index (χ0v) is 11.5. The molecule has 4 nitrogen and oxygen atoms in total. The third-order valence-corrected chi connectivity index (χ3v) is 3.82. The lowest BCUT2D eigenvalue weighted by molar-refractivity contribution is 0.102. The summed E-state index contributed by atoms with van der Waals surface area (Å²) >= 11 is 6.45. The number of rotatable bonds is 2. The molecule has 0 aliphatic rings. The minimum absolute atomic E-state index is 0.0174. The number of nitrogens with zero attached hydrogens (tertiary/aromatic N) is 1. The van der Waals surface area contributed by atoms with E-state index in [4.69, 9.17) is 16.0 Å². The van der Waals surface area contributed by atoms with Gasteiger partial charge in [0.05, 0.1) is 16.5 Å². The molecule has 0 spiro atoms. The van der Waals surface area contributed by atoms with Crippen molar-refractivity contribution in [2.75, 3.05) is 5.32 Å². The molecule has 0 saturated carbocycles. The highest BCUT2D eigenvalue weighted by Gasteiger charge is 2.19. The van der Waals surface area contributed by atoms with Crippen molar-refractivity contribution < 1.29 is 22.4 Å². The molecule has 0 aliphatic carbocycles. The number of furan rings is 1. The average molecular weight is 333 g/mol. The van der Waals surface area contributed by atoms with Gasteiger partial charge in [-0.1, -0.05) is 11.3 Å². The zero-order valence-electron chi connectivity index (χ0n) is 9.92. The second-order valence-electron chi connectivity index (χ2n) is 3.91. The Morgan fingerprint density at radius 1 is 1.33 bits per heavy atom. The fourth-order valence-electron chi connectivity index (χ4n) is 1.65. The Kier molecular flexibility index (Phi) is 3.34. The van der Waals surface area contributed by atoms with E-state index in [1.54, 1.807) is 0 Å². The minimum atomic E-state index is -1.61. The zero-order chi connectivity index (χ0) is 15.1. The maximum atomic E-state index is 13.5. The number of benzene rings is 1. The quantitative estimate of drug-likeness (QED) is 0.715. The fourth-order valence-corrected chi connectivity index (χ4v) is 2.73. The molecule has 0 unspecified atom stereocenters. The van der Waals surface area contributed by atoms with Crippen molar-refractivity contribution in [3.8, 4) is 0 Å². The summed E-state index contributed by atoms with van der Waals surface area (Å²) in [5.41, 5.74) is -0.291. The first-order valence-electron chi connectivity index (χ1n) is 5.45. The molecule has 1 aromatic carbocycles. The van der Waals surface area contributed by atoms with Crippen molar-refractivity contribution in [1.29, 1.82) is 0 Å². The van der Waals surface area contributed by atoms with E-state index in [-0.39, 0.29) is 26.1 Å². The van der Waals surface area contributed by atoms with Crippen LogP contribution < -0.4 is 5.32 Å². The molecule has 3 rings (SSSR count).